The van der Waals surface area contributed by atoms with Crippen molar-refractivity contribution in [3.05, 3.63) is 64.9 Å². The van der Waals surface area contributed by atoms with Gasteiger partial charge in [-0.1, -0.05) is 29.8 Å². The average Bonchev–Trinajstić information content (AvgIpc) is 2.58. The summed E-state index contributed by atoms with van der Waals surface area (Å²) in [5.41, 5.74) is 7.18. The maximum Gasteiger partial charge on any atom is 0.223 e. The van der Waals surface area contributed by atoms with Crippen LogP contribution in [0.1, 0.15) is 23.7 Å². The van der Waals surface area contributed by atoms with Crippen LogP contribution in [-0.4, -0.2) is 30.6 Å². The lowest BCUT2D eigenvalue weighted by molar-refractivity contribution is -0.123. The molecule has 5 nitrogen and oxygen atoms in total. The van der Waals surface area contributed by atoms with Gasteiger partial charge in [0.1, 0.15) is 0 Å². The van der Waals surface area contributed by atoms with Crippen LogP contribution in [0.2, 0.25) is 5.02 Å². The van der Waals surface area contributed by atoms with E-state index in [4.69, 9.17) is 22.1 Å². The number of nitrogens with one attached hydrogen (secondary N) is 1. The van der Waals surface area contributed by atoms with Gasteiger partial charge >= 0.3 is 0 Å². The molecule has 0 aliphatic carbocycles. The molecule has 0 saturated carbocycles. The van der Waals surface area contributed by atoms with Gasteiger partial charge in [-0.2, -0.15) is 0 Å². The van der Waals surface area contributed by atoms with E-state index in [1.165, 1.54) is 7.11 Å². The predicted octanol–water partition coefficient (Wildman–Crippen LogP) is 3.15. The van der Waals surface area contributed by atoms with Crippen molar-refractivity contribution in [2.45, 2.75) is 18.6 Å². The number of nitrogens with zero attached hydrogens (tertiary/aromatic N) is 1. The lowest BCUT2D eigenvalue weighted by Crippen LogP contribution is -2.35. The summed E-state index contributed by atoms with van der Waals surface area (Å²) < 4.78 is 5.16. The second-order valence-electron chi connectivity index (χ2n) is 5.11. The predicted molar refractivity (Wildman–Crippen MR) is 105 cm³/mol. The average molecular weight is 407 g/mol. The molecule has 2 rings (SSSR count). The van der Waals surface area contributed by atoms with Crippen LogP contribution in [0, 0.1) is 0 Å². The van der Waals surface area contributed by atoms with Gasteiger partial charge in [-0.3, -0.25) is 9.78 Å². The fraction of sp³-hybridized carbons (Fsp3) is 0.294. The first kappa shape index (κ1) is 23.6. The smallest absolute Gasteiger partial charge is 0.223 e. The normalized spacial score (nSPS) is 12.3. The van der Waals surface area contributed by atoms with Crippen LogP contribution in [0.25, 0.3) is 0 Å². The van der Waals surface area contributed by atoms with Crippen molar-refractivity contribution < 1.29 is 9.53 Å². The number of hydrogen-bond acceptors (Lipinski definition) is 4. The van der Waals surface area contributed by atoms with E-state index in [1.54, 1.807) is 12.3 Å². The number of aromatic nitrogens is 1. The van der Waals surface area contributed by atoms with Crippen molar-refractivity contribution in [3.63, 3.8) is 0 Å². The Hall–Kier alpha value is -1.37. The first-order chi connectivity index (χ1) is 11.1. The highest BCUT2D eigenvalue weighted by Crippen LogP contribution is 2.23. The van der Waals surface area contributed by atoms with Gasteiger partial charge in [0, 0.05) is 24.9 Å². The summed E-state index contributed by atoms with van der Waals surface area (Å²) in [7, 11) is 1.54. The van der Waals surface area contributed by atoms with E-state index in [-0.39, 0.29) is 55.8 Å². The molecule has 0 aliphatic heterocycles. The Morgan fingerprint density at radius 2 is 2.04 bits per heavy atom. The molecule has 0 radical (unpaired) electrons. The maximum atomic E-state index is 12.3. The third-order valence-corrected chi connectivity index (χ3v) is 3.72. The number of pyridine rings is 1. The minimum atomic E-state index is -0.377. The maximum absolute atomic E-state index is 12.3. The summed E-state index contributed by atoms with van der Waals surface area (Å²) in [4.78, 5) is 16.6. The van der Waals surface area contributed by atoms with Gasteiger partial charge in [-0.25, -0.2) is 0 Å². The number of carbonyl (C=O) groups excluding carboxylic acids is 1. The zero-order valence-corrected chi connectivity index (χ0v) is 16.1. The van der Waals surface area contributed by atoms with E-state index in [0.29, 0.717) is 5.02 Å². The van der Waals surface area contributed by atoms with Crippen LogP contribution in [0.5, 0.6) is 0 Å². The Labute approximate surface area is 165 Å². The van der Waals surface area contributed by atoms with E-state index in [2.05, 4.69) is 10.3 Å². The SMILES string of the molecule is COC(CN)CC(=O)NC(c1cccc(Cl)c1)c1ccccn1.Cl.Cl. The van der Waals surface area contributed by atoms with Crippen molar-refractivity contribution in [2.24, 2.45) is 5.73 Å². The number of halogens is 3. The minimum absolute atomic E-state index is 0. The van der Waals surface area contributed by atoms with Gasteiger partial charge in [-0.05, 0) is 29.8 Å². The monoisotopic (exact) mass is 405 g/mol. The molecular weight excluding hydrogens is 385 g/mol. The fourth-order valence-corrected chi connectivity index (χ4v) is 2.45. The van der Waals surface area contributed by atoms with Crippen molar-refractivity contribution in [3.8, 4) is 0 Å². The molecule has 0 fully saturated rings. The number of hydrogen-bond donors (Lipinski definition) is 2. The number of ether oxygens (including phenoxy) is 1. The Morgan fingerprint density at radius 1 is 1.28 bits per heavy atom. The van der Waals surface area contributed by atoms with Gasteiger partial charge in [0.2, 0.25) is 5.91 Å². The Kier molecular flexibility index (Phi) is 11.4. The number of carbonyl (C=O) groups is 1. The van der Waals surface area contributed by atoms with Crippen LogP contribution in [0.15, 0.2) is 48.7 Å². The summed E-state index contributed by atoms with van der Waals surface area (Å²) in [6, 6.07) is 12.6. The van der Waals surface area contributed by atoms with Crippen molar-refractivity contribution in [1.82, 2.24) is 10.3 Å². The summed E-state index contributed by atoms with van der Waals surface area (Å²) in [5, 5.41) is 3.59. The summed E-state index contributed by atoms with van der Waals surface area (Å²) in [6.07, 6.45) is 1.58. The fourth-order valence-electron chi connectivity index (χ4n) is 2.25. The van der Waals surface area contributed by atoms with Gasteiger partial charge in [0.15, 0.2) is 0 Å². The van der Waals surface area contributed by atoms with E-state index in [1.807, 2.05) is 36.4 Å². The molecule has 3 N–H and O–H groups in total. The molecule has 1 aromatic carbocycles. The highest BCUT2D eigenvalue weighted by molar-refractivity contribution is 6.30. The van der Waals surface area contributed by atoms with E-state index >= 15 is 0 Å². The molecule has 0 aliphatic rings. The van der Waals surface area contributed by atoms with Crippen LogP contribution in [0.3, 0.4) is 0 Å². The minimum Gasteiger partial charge on any atom is -0.380 e. The highest BCUT2D eigenvalue weighted by atomic mass is 35.5. The van der Waals surface area contributed by atoms with Crippen LogP contribution in [0.4, 0.5) is 0 Å². The molecule has 0 bridgehead atoms. The van der Waals surface area contributed by atoms with Crippen molar-refractivity contribution in [1.29, 1.82) is 0 Å². The molecule has 1 amide bonds. The number of benzene rings is 1. The molecule has 2 unspecified atom stereocenters. The first-order valence-electron chi connectivity index (χ1n) is 7.32. The molecule has 8 heteroatoms. The molecule has 0 spiro atoms. The largest absolute Gasteiger partial charge is 0.380 e. The van der Waals surface area contributed by atoms with Crippen LogP contribution < -0.4 is 11.1 Å². The summed E-state index contributed by atoms with van der Waals surface area (Å²) in [6.45, 7) is 0.287. The van der Waals surface area contributed by atoms with Crippen molar-refractivity contribution >= 4 is 42.3 Å². The second kappa shape index (κ2) is 12.1. The molecule has 2 atom stereocenters. The van der Waals surface area contributed by atoms with Crippen molar-refractivity contribution in [2.75, 3.05) is 13.7 Å². The Morgan fingerprint density at radius 3 is 2.60 bits per heavy atom. The summed E-state index contributed by atoms with van der Waals surface area (Å²) in [5.74, 6) is -0.155. The Balaban J connectivity index is 0.00000288. The third-order valence-electron chi connectivity index (χ3n) is 3.48. The topological polar surface area (TPSA) is 77.2 Å². The molecule has 138 valence electrons. The molecule has 0 saturated heterocycles. The molecule has 2 aromatic rings. The van der Waals surface area contributed by atoms with Crippen LogP contribution in [-0.2, 0) is 9.53 Å². The highest BCUT2D eigenvalue weighted by Gasteiger charge is 2.20. The van der Waals surface area contributed by atoms with E-state index < -0.39 is 0 Å². The Bertz CT molecular complexity index is 640. The van der Waals surface area contributed by atoms with Gasteiger partial charge in [0.25, 0.3) is 0 Å². The molecule has 25 heavy (non-hydrogen) atoms. The van der Waals surface area contributed by atoms with Gasteiger partial charge < -0.3 is 15.8 Å². The standard InChI is InChI=1S/C17H20ClN3O2.2ClH/c1-23-14(11-19)10-16(22)21-17(15-7-2-3-8-20-15)12-5-4-6-13(18)9-12;;/h2-9,14,17H,10-11,19H2,1H3,(H,21,22);2*1H. The van der Waals surface area contributed by atoms with E-state index in [9.17, 15) is 4.79 Å². The number of methoxy groups -OCH3 is 1. The molecule has 1 heterocycles. The zero-order valence-electron chi connectivity index (χ0n) is 13.7. The zero-order chi connectivity index (χ0) is 16.7. The number of nitrogens with two attached hydrogens (primary N) is 1. The lowest BCUT2D eigenvalue weighted by atomic mass is 10.0. The molecular formula is C17H22Cl3N3O2. The number of amides is 1. The van der Waals surface area contributed by atoms with Crippen LogP contribution >= 0.6 is 36.4 Å². The molecule has 1 aromatic heterocycles. The quantitative estimate of drug-likeness (QED) is 0.740. The third kappa shape index (κ3) is 7.18. The second-order valence-corrected chi connectivity index (χ2v) is 5.54. The van der Waals surface area contributed by atoms with Gasteiger partial charge in [0.05, 0.1) is 24.3 Å². The van der Waals surface area contributed by atoms with Gasteiger partial charge in [-0.15, -0.1) is 24.8 Å². The number of rotatable bonds is 7. The van der Waals surface area contributed by atoms with E-state index in [0.717, 1.165) is 11.3 Å². The lowest BCUT2D eigenvalue weighted by Gasteiger charge is -2.20. The summed E-state index contributed by atoms with van der Waals surface area (Å²) >= 11 is 6.07. The first-order valence-corrected chi connectivity index (χ1v) is 7.70.